The van der Waals surface area contributed by atoms with Crippen molar-refractivity contribution in [1.29, 1.82) is 0 Å². The predicted molar refractivity (Wildman–Crippen MR) is 91.5 cm³/mol. The zero-order chi connectivity index (χ0) is 15.6. The molecule has 0 aliphatic rings. The second-order valence-corrected chi connectivity index (χ2v) is 5.10. The molecule has 1 aromatic carbocycles. The number of hydrogen-bond acceptors (Lipinski definition) is 2. The summed E-state index contributed by atoms with van der Waals surface area (Å²) in [6.45, 7) is 4.96. The van der Waals surface area contributed by atoms with Crippen molar-refractivity contribution >= 4 is 0 Å². The van der Waals surface area contributed by atoms with Crippen LogP contribution in [0.3, 0.4) is 0 Å². The Morgan fingerprint density at radius 3 is 2.73 bits per heavy atom. The molecule has 0 N–H and O–H groups in total. The summed E-state index contributed by atoms with van der Waals surface area (Å²) in [5.41, 5.74) is 2.48. The van der Waals surface area contributed by atoms with Crippen molar-refractivity contribution in [1.82, 2.24) is 9.55 Å². The molecule has 0 radical (unpaired) electrons. The van der Waals surface area contributed by atoms with E-state index in [2.05, 4.69) is 37.1 Å². The Hall–Kier alpha value is -2.29. The Morgan fingerprint density at radius 1 is 1.27 bits per heavy atom. The van der Waals surface area contributed by atoms with Crippen molar-refractivity contribution in [2.45, 2.75) is 33.1 Å². The molecule has 0 aliphatic heterocycles. The van der Waals surface area contributed by atoms with Crippen LogP contribution in [0.25, 0.3) is 5.69 Å². The molecular weight excluding hydrogens is 272 g/mol. The number of hydrogen-bond donors (Lipinski definition) is 0. The average molecular weight is 296 g/mol. The van der Waals surface area contributed by atoms with E-state index in [0.717, 1.165) is 37.3 Å². The minimum absolute atomic E-state index is 0.739. The minimum Gasteiger partial charge on any atom is -0.494 e. The highest BCUT2D eigenvalue weighted by Gasteiger charge is 1.98. The van der Waals surface area contributed by atoms with Crippen LogP contribution in [0.2, 0.25) is 0 Å². The molecule has 0 spiro atoms. The first-order valence-corrected chi connectivity index (χ1v) is 7.86. The molecule has 22 heavy (non-hydrogen) atoms. The fourth-order valence-corrected chi connectivity index (χ4v) is 2.32. The first-order valence-electron chi connectivity index (χ1n) is 7.86. The van der Waals surface area contributed by atoms with Gasteiger partial charge in [-0.15, -0.1) is 0 Å². The summed E-state index contributed by atoms with van der Waals surface area (Å²) in [5, 5.41) is 0. The summed E-state index contributed by atoms with van der Waals surface area (Å²) >= 11 is 0. The number of nitrogens with zero attached hydrogens (tertiary/aromatic N) is 2. The van der Waals surface area contributed by atoms with Gasteiger partial charge >= 0.3 is 0 Å². The fourth-order valence-electron chi connectivity index (χ4n) is 2.32. The van der Waals surface area contributed by atoms with Gasteiger partial charge in [-0.25, -0.2) is 4.98 Å². The number of allylic oxidation sites excluding steroid dienone is 4. The van der Waals surface area contributed by atoms with Gasteiger partial charge in [-0.3, -0.25) is 0 Å². The molecule has 0 atom stereocenters. The summed E-state index contributed by atoms with van der Waals surface area (Å²) in [7, 11) is 0. The van der Waals surface area contributed by atoms with Crippen LogP contribution < -0.4 is 4.74 Å². The molecule has 1 aromatic heterocycles. The molecule has 2 aromatic rings. The molecule has 3 nitrogen and oxygen atoms in total. The minimum atomic E-state index is 0.739. The van der Waals surface area contributed by atoms with Gasteiger partial charge in [0, 0.05) is 18.1 Å². The molecule has 0 unspecified atom stereocenters. The van der Waals surface area contributed by atoms with E-state index in [1.165, 1.54) is 5.57 Å². The van der Waals surface area contributed by atoms with E-state index in [1.54, 1.807) is 12.5 Å². The molecule has 0 fully saturated rings. The van der Waals surface area contributed by atoms with Gasteiger partial charge in [0.25, 0.3) is 0 Å². The SMILES string of the molecule is C/C=C\C(=C/CC)CCCOc1ccc(-n2ccnc2)cc1. The summed E-state index contributed by atoms with van der Waals surface area (Å²) in [5.74, 6) is 0.913. The third-order valence-corrected chi connectivity index (χ3v) is 3.36. The Kier molecular flexibility index (Phi) is 6.49. The monoisotopic (exact) mass is 296 g/mol. The predicted octanol–water partition coefficient (Wildman–Crippen LogP) is 4.94. The second-order valence-electron chi connectivity index (χ2n) is 5.10. The molecule has 0 aliphatic carbocycles. The zero-order valence-electron chi connectivity index (χ0n) is 13.4. The van der Waals surface area contributed by atoms with Gasteiger partial charge in [0.05, 0.1) is 12.9 Å². The van der Waals surface area contributed by atoms with Crippen LogP contribution in [-0.2, 0) is 0 Å². The maximum atomic E-state index is 5.81. The molecule has 0 bridgehead atoms. The van der Waals surface area contributed by atoms with Crippen molar-refractivity contribution in [2.24, 2.45) is 0 Å². The van der Waals surface area contributed by atoms with Gasteiger partial charge < -0.3 is 9.30 Å². The third-order valence-electron chi connectivity index (χ3n) is 3.36. The lowest BCUT2D eigenvalue weighted by molar-refractivity contribution is 0.311. The zero-order valence-corrected chi connectivity index (χ0v) is 13.4. The van der Waals surface area contributed by atoms with E-state index < -0.39 is 0 Å². The van der Waals surface area contributed by atoms with E-state index in [0.29, 0.717) is 0 Å². The quantitative estimate of drug-likeness (QED) is 0.509. The van der Waals surface area contributed by atoms with Crippen molar-refractivity contribution in [2.75, 3.05) is 6.61 Å². The van der Waals surface area contributed by atoms with Crippen LogP contribution in [0.1, 0.15) is 33.1 Å². The van der Waals surface area contributed by atoms with E-state index in [4.69, 9.17) is 4.74 Å². The molecule has 0 amide bonds. The molecule has 2 rings (SSSR count). The smallest absolute Gasteiger partial charge is 0.119 e. The lowest BCUT2D eigenvalue weighted by Gasteiger charge is -2.08. The van der Waals surface area contributed by atoms with Crippen LogP contribution in [0.5, 0.6) is 5.75 Å². The standard InChI is InChI=1S/C19H24N2O/c1-3-6-17(7-4-2)8-5-15-22-19-11-9-18(10-12-19)21-14-13-20-16-21/h3,6-7,9-14,16H,4-5,8,15H2,1-2H3/b6-3-,17-7+. The molecule has 3 heteroatoms. The van der Waals surface area contributed by atoms with Crippen LogP contribution in [-0.4, -0.2) is 16.2 Å². The van der Waals surface area contributed by atoms with Crippen molar-refractivity contribution in [3.8, 4) is 11.4 Å². The summed E-state index contributed by atoms with van der Waals surface area (Å²) in [6.07, 6.45) is 15.2. The largest absolute Gasteiger partial charge is 0.494 e. The maximum Gasteiger partial charge on any atom is 0.119 e. The highest BCUT2D eigenvalue weighted by atomic mass is 16.5. The normalized spacial score (nSPS) is 12.0. The van der Waals surface area contributed by atoms with Gasteiger partial charge in [0.2, 0.25) is 0 Å². The fraction of sp³-hybridized carbons (Fsp3) is 0.316. The van der Waals surface area contributed by atoms with Gasteiger partial charge in [-0.1, -0.05) is 30.7 Å². The van der Waals surface area contributed by atoms with Crippen LogP contribution >= 0.6 is 0 Å². The third kappa shape index (κ3) is 4.92. The highest BCUT2D eigenvalue weighted by Crippen LogP contribution is 2.16. The molecule has 0 saturated carbocycles. The van der Waals surface area contributed by atoms with Crippen molar-refractivity contribution in [3.05, 3.63) is 66.8 Å². The number of benzene rings is 1. The number of aromatic nitrogens is 2. The van der Waals surface area contributed by atoms with Gasteiger partial charge in [-0.05, 0) is 50.5 Å². The van der Waals surface area contributed by atoms with Crippen molar-refractivity contribution < 1.29 is 4.74 Å². The Balaban J connectivity index is 1.79. The number of rotatable bonds is 8. The maximum absolute atomic E-state index is 5.81. The first-order chi connectivity index (χ1) is 10.8. The second kappa shape index (κ2) is 8.88. The van der Waals surface area contributed by atoms with Gasteiger partial charge in [-0.2, -0.15) is 0 Å². The van der Waals surface area contributed by atoms with Crippen molar-refractivity contribution in [3.63, 3.8) is 0 Å². The average Bonchev–Trinajstić information content (AvgIpc) is 3.07. The topological polar surface area (TPSA) is 27.1 Å². The lowest BCUT2D eigenvalue weighted by Crippen LogP contribution is -1.98. The van der Waals surface area contributed by atoms with Crippen LogP contribution in [0.15, 0.2) is 66.8 Å². The van der Waals surface area contributed by atoms with Crippen LogP contribution in [0, 0.1) is 0 Å². The molecule has 0 saturated heterocycles. The molecular formula is C19H24N2O. The Bertz CT molecular complexity index is 595. The summed E-state index contributed by atoms with van der Waals surface area (Å²) in [6, 6.07) is 8.09. The lowest BCUT2D eigenvalue weighted by atomic mass is 10.1. The summed E-state index contributed by atoms with van der Waals surface area (Å²) in [4.78, 5) is 4.05. The van der Waals surface area contributed by atoms with E-state index in [1.807, 2.05) is 35.0 Å². The molecule has 116 valence electrons. The summed E-state index contributed by atoms with van der Waals surface area (Å²) < 4.78 is 7.78. The van der Waals surface area contributed by atoms with E-state index in [-0.39, 0.29) is 0 Å². The van der Waals surface area contributed by atoms with Gasteiger partial charge in [0.1, 0.15) is 5.75 Å². The van der Waals surface area contributed by atoms with Crippen LogP contribution in [0.4, 0.5) is 0 Å². The van der Waals surface area contributed by atoms with E-state index >= 15 is 0 Å². The number of ether oxygens (including phenoxy) is 1. The van der Waals surface area contributed by atoms with E-state index in [9.17, 15) is 0 Å². The first kappa shape index (κ1) is 16.1. The Morgan fingerprint density at radius 2 is 2.09 bits per heavy atom. The highest BCUT2D eigenvalue weighted by molar-refractivity contribution is 5.37. The van der Waals surface area contributed by atoms with Gasteiger partial charge in [0.15, 0.2) is 0 Å². The Labute approximate surface area is 133 Å². The number of imidazole rings is 1. The molecule has 1 heterocycles.